The predicted octanol–water partition coefficient (Wildman–Crippen LogP) is 3.52. The van der Waals surface area contributed by atoms with Crippen molar-refractivity contribution >= 4 is 45.6 Å². The van der Waals surface area contributed by atoms with Gasteiger partial charge in [0.25, 0.3) is 0 Å². The lowest BCUT2D eigenvalue weighted by Crippen LogP contribution is -2.25. The standard InChI is InChI=1S/C17H13ClN4OS/c18-16-4-3-15(24-16)13-5-8-22(21-13)17(23)10-11-1-2-12-14(9-11)20-7-6-19-12/h1-4,6-7,9H,5,8,10H2. The molecule has 3 aromatic rings. The normalized spacial score (nSPS) is 14.2. The number of thiophene rings is 1. The first-order valence-electron chi connectivity index (χ1n) is 7.52. The number of carbonyl (C=O) groups is 1. The maximum absolute atomic E-state index is 12.5. The highest BCUT2D eigenvalue weighted by molar-refractivity contribution is 7.18. The quantitative estimate of drug-likeness (QED) is 0.721. The van der Waals surface area contributed by atoms with Gasteiger partial charge in [-0.25, -0.2) is 5.01 Å². The number of fused-ring (bicyclic) bond motifs is 1. The smallest absolute Gasteiger partial charge is 0.247 e. The Kier molecular flexibility index (Phi) is 4.00. The van der Waals surface area contributed by atoms with Crippen molar-refractivity contribution in [3.63, 3.8) is 0 Å². The molecule has 2 aromatic heterocycles. The van der Waals surface area contributed by atoms with Gasteiger partial charge in [0.2, 0.25) is 5.91 Å². The molecule has 0 unspecified atom stereocenters. The van der Waals surface area contributed by atoms with Crippen LogP contribution in [0.1, 0.15) is 16.9 Å². The van der Waals surface area contributed by atoms with E-state index in [1.807, 2.05) is 30.3 Å². The van der Waals surface area contributed by atoms with E-state index in [1.54, 1.807) is 17.4 Å². The summed E-state index contributed by atoms with van der Waals surface area (Å²) >= 11 is 7.45. The number of hydrazone groups is 1. The van der Waals surface area contributed by atoms with E-state index in [-0.39, 0.29) is 5.91 Å². The second-order valence-corrected chi connectivity index (χ2v) is 7.19. The molecule has 24 heavy (non-hydrogen) atoms. The van der Waals surface area contributed by atoms with Gasteiger partial charge in [0.05, 0.1) is 38.9 Å². The van der Waals surface area contributed by atoms with Crippen molar-refractivity contribution in [1.82, 2.24) is 15.0 Å². The Balaban J connectivity index is 1.50. The van der Waals surface area contributed by atoms with Gasteiger partial charge in [-0.05, 0) is 29.8 Å². The summed E-state index contributed by atoms with van der Waals surface area (Å²) in [7, 11) is 0. The summed E-state index contributed by atoms with van der Waals surface area (Å²) in [5.41, 5.74) is 3.45. The van der Waals surface area contributed by atoms with Crippen LogP contribution >= 0.6 is 22.9 Å². The van der Waals surface area contributed by atoms with Crippen LogP contribution in [0.5, 0.6) is 0 Å². The number of hydrogen-bond donors (Lipinski definition) is 0. The zero-order valence-corrected chi connectivity index (χ0v) is 14.2. The molecule has 0 aliphatic carbocycles. The van der Waals surface area contributed by atoms with E-state index in [4.69, 9.17) is 11.6 Å². The number of carbonyl (C=O) groups excluding carboxylic acids is 1. The van der Waals surface area contributed by atoms with Crippen LogP contribution in [0.2, 0.25) is 4.34 Å². The number of amides is 1. The number of rotatable bonds is 3. The van der Waals surface area contributed by atoms with Crippen molar-refractivity contribution in [3.05, 3.63) is 57.5 Å². The molecule has 0 bridgehead atoms. The molecule has 0 spiro atoms. The van der Waals surface area contributed by atoms with Gasteiger partial charge in [-0.2, -0.15) is 5.10 Å². The summed E-state index contributed by atoms with van der Waals surface area (Å²) in [5, 5.41) is 6.00. The Morgan fingerprint density at radius 1 is 1.17 bits per heavy atom. The fraction of sp³-hybridized carbons (Fsp3) is 0.176. The maximum Gasteiger partial charge on any atom is 0.247 e. The minimum atomic E-state index is -0.0177. The Bertz CT molecular complexity index is 952. The molecule has 0 atom stereocenters. The number of nitrogens with zero attached hydrogens (tertiary/aromatic N) is 4. The molecule has 4 rings (SSSR count). The molecule has 1 aromatic carbocycles. The number of halogens is 1. The zero-order chi connectivity index (χ0) is 16.5. The molecule has 3 heterocycles. The second-order valence-electron chi connectivity index (χ2n) is 5.47. The molecular weight excluding hydrogens is 344 g/mol. The predicted molar refractivity (Wildman–Crippen MR) is 95.4 cm³/mol. The fourth-order valence-electron chi connectivity index (χ4n) is 2.66. The SMILES string of the molecule is O=C(Cc1ccc2nccnc2c1)N1CCC(c2ccc(Cl)s2)=N1. The van der Waals surface area contributed by atoms with Crippen LogP contribution in [0.3, 0.4) is 0 Å². The van der Waals surface area contributed by atoms with E-state index in [0.29, 0.717) is 13.0 Å². The van der Waals surface area contributed by atoms with E-state index in [9.17, 15) is 4.79 Å². The van der Waals surface area contributed by atoms with Crippen LogP contribution in [0.15, 0.2) is 47.8 Å². The average Bonchev–Trinajstić information content (AvgIpc) is 3.23. The average molecular weight is 357 g/mol. The Morgan fingerprint density at radius 3 is 2.79 bits per heavy atom. The molecule has 1 amide bonds. The van der Waals surface area contributed by atoms with Crippen LogP contribution < -0.4 is 0 Å². The lowest BCUT2D eigenvalue weighted by molar-refractivity contribution is -0.130. The molecule has 1 aliphatic heterocycles. The van der Waals surface area contributed by atoms with Gasteiger partial charge in [-0.15, -0.1) is 11.3 Å². The molecule has 0 N–H and O–H groups in total. The lowest BCUT2D eigenvalue weighted by Gasteiger charge is -2.11. The lowest BCUT2D eigenvalue weighted by atomic mass is 10.1. The fourth-order valence-corrected chi connectivity index (χ4v) is 3.72. The minimum absolute atomic E-state index is 0.0177. The van der Waals surface area contributed by atoms with Crippen LogP contribution in [0.25, 0.3) is 11.0 Å². The first kappa shape index (κ1) is 15.2. The van der Waals surface area contributed by atoms with E-state index in [2.05, 4.69) is 15.1 Å². The molecule has 0 fully saturated rings. The second kappa shape index (κ2) is 6.30. The molecule has 5 nitrogen and oxygen atoms in total. The Hall–Kier alpha value is -2.31. The van der Waals surface area contributed by atoms with Crippen molar-refractivity contribution in [2.75, 3.05) is 6.54 Å². The van der Waals surface area contributed by atoms with Gasteiger partial charge in [0.15, 0.2) is 0 Å². The Morgan fingerprint density at radius 2 is 2.00 bits per heavy atom. The molecular formula is C17H13ClN4OS. The van der Waals surface area contributed by atoms with Gasteiger partial charge in [0, 0.05) is 18.8 Å². The highest BCUT2D eigenvalue weighted by atomic mass is 35.5. The molecule has 0 saturated carbocycles. The van der Waals surface area contributed by atoms with Crippen LogP contribution in [-0.2, 0) is 11.2 Å². The molecule has 0 saturated heterocycles. The van der Waals surface area contributed by atoms with Crippen LogP contribution in [-0.4, -0.2) is 33.1 Å². The molecule has 1 aliphatic rings. The summed E-state index contributed by atoms with van der Waals surface area (Å²) in [4.78, 5) is 22.0. The molecule has 7 heteroatoms. The van der Waals surface area contributed by atoms with Gasteiger partial charge in [0.1, 0.15) is 0 Å². The number of hydrogen-bond acceptors (Lipinski definition) is 5. The third-order valence-electron chi connectivity index (χ3n) is 3.84. The summed E-state index contributed by atoms with van der Waals surface area (Å²) < 4.78 is 0.731. The van der Waals surface area contributed by atoms with Crippen molar-refractivity contribution < 1.29 is 4.79 Å². The van der Waals surface area contributed by atoms with Crippen molar-refractivity contribution in [2.45, 2.75) is 12.8 Å². The summed E-state index contributed by atoms with van der Waals surface area (Å²) in [6.45, 7) is 0.608. The van der Waals surface area contributed by atoms with Gasteiger partial charge in [-0.3, -0.25) is 14.8 Å². The monoisotopic (exact) mass is 356 g/mol. The molecule has 0 radical (unpaired) electrons. The molecule has 120 valence electrons. The number of aromatic nitrogens is 2. The van der Waals surface area contributed by atoms with Crippen molar-refractivity contribution in [2.24, 2.45) is 5.10 Å². The van der Waals surface area contributed by atoms with Gasteiger partial charge >= 0.3 is 0 Å². The third-order valence-corrected chi connectivity index (χ3v) is 5.12. The maximum atomic E-state index is 12.5. The first-order valence-corrected chi connectivity index (χ1v) is 8.72. The third kappa shape index (κ3) is 3.02. The van der Waals surface area contributed by atoms with Crippen molar-refractivity contribution in [3.8, 4) is 0 Å². The zero-order valence-electron chi connectivity index (χ0n) is 12.6. The summed E-state index contributed by atoms with van der Waals surface area (Å²) in [6.07, 6.45) is 4.36. The topological polar surface area (TPSA) is 58.5 Å². The highest BCUT2D eigenvalue weighted by Crippen LogP contribution is 2.25. The van der Waals surface area contributed by atoms with E-state index in [0.717, 1.165) is 37.9 Å². The summed E-state index contributed by atoms with van der Waals surface area (Å²) in [5.74, 6) is -0.0177. The highest BCUT2D eigenvalue weighted by Gasteiger charge is 2.22. The van der Waals surface area contributed by atoms with E-state index < -0.39 is 0 Å². The van der Waals surface area contributed by atoms with E-state index in [1.165, 1.54) is 11.3 Å². The summed E-state index contributed by atoms with van der Waals surface area (Å²) in [6, 6.07) is 9.50. The minimum Gasteiger partial charge on any atom is -0.273 e. The first-order chi connectivity index (χ1) is 11.7. The van der Waals surface area contributed by atoms with Crippen LogP contribution in [0, 0.1) is 0 Å². The Labute approximate surface area is 147 Å². The largest absolute Gasteiger partial charge is 0.273 e. The number of benzene rings is 1. The van der Waals surface area contributed by atoms with Gasteiger partial charge < -0.3 is 0 Å². The van der Waals surface area contributed by atoms with Gasteiger partial charge in [-0.1, -0.05) is 17.7 Å². The van der Waals surface area contributed by atoms with Crippen LogP contribution in [0.4, 0.5) is 0 Å². The van der Waals surface area contributed by atoms with E-state index >= 15 is 0 Å². The van der Waals surface area contributed by atoms with Crippen molar-refractivity contribution in [1.29, 1.82) is 0 Å².